The second-order valence-electron chi connectivity index (χ2n) is 5.30. The molecule has 0 saturated heterocycles. The Morgan fingerprint density at radius 2 is 2.20 bits per heavy atom. The summed E-state index contributed by atoms with van der Waals surface area (Å²) in [6, 6.07) is 1.74. The van der Waals surface area contributed by atoms with Crippen molar-refractivity contribution < 1.29 is 0 Å². The van der Waals surface area contributed by atoms with Gasteiger partial charge in [0.2, 0.25) is 6.04 Å². The van der Waals surface area contributed by atoms with Crippen molar-refractivity contribution in [2.24, 2.45) is 0 Å². The van der Waals surface area contributed by atoms with Gasteiger partial charge in [-0.15, -0.1) is 0 Å². The number of pyridine rings is 1. The zero-order valence-electron chi connectivity index (χ0n) is 11.2. The Hall–Kier alpha value is -2.29. The highest BCUT2D eigenvalue weighted by atomic mass is 16.1. The van der Waals surface area contributed by atoms with E-state index in [0.29, 0.717) is 5.39 Å². The van der Waals surface area contributed by atoms with E-state index < -0.39 is 0 Å². The van der Waals surface area contributed by atoms with Crippen LogP contribution in [-0.4, -0.2) is 20.8 Å². The molecule has 2 heterocycles. The van der Waals surface area contributed by atoms with E-state index in [1.807, 2.05) is 6.07 Å². The molecule has 0 bridgehead atoms. The maximum absolute atomic E-state index is 11.9. The van der Waals surface area contributed by atoms with E-state index in [-0.39, 0.29) is 23.5 Å². The van der Waals surface area contributed by atoms with Gasteiger partial charge in [0.1, 0.15) is 11.4 Å². The van der Waals surface area contributed by atoms with E-state index in [1.165, 1.54) is 0 Å². The van der Waals surface area contributed by atoms with Crippen LogP contribution in [0.4, 0.5) is 5.82 Å². The fourth-order valence-corrected chi connectivity index (χ4v) is 3.08. The van der Waals surface area contributed by atoms with Gasteiger partial charge >= 0.3 is 0 Å². The molecule has 0 radical (unpaired) electrons. The molecule has 1 aliphatic carbocycles. The van der Waals surface area contributed by atoms with Crippen LogP contribution >= 0.6 is 0 Å². The Morgan fingerprint density at radius 3 is 3.00 bits per heavy atom. The Balaban J connectivity index is 2.16. The molecule has 104 valence electrons. The summed E-state index contributed by atoms with van der Waals surface area (Å²) in [6.07, 6.45) is 6.72. The summed E-state index contributed by atoms with van der Waals surface area (Å²) in [5.41, 5.74) is 6.39. The average molecular weight is 271 g/mol. The summed E-state index contributed by atoms with van der Waals surface area (Å²) in [5, 5.41) is 4.78. The van der Waals surface area contributed by atoms with Crippen LogP contribution < -0.4 is 11.3 Å². The SMILES string of the molecule is [C-]#[N+][C@H]1CCCCC[C@@H]1n1nc(N)c2c(=O)[nH]ccc21. The molecule has 20 heavy (non-hydrogen) atoms. The lowest BCUT2D eigenvalue weighted by Gasteiger charge is -2.17. The molecule has 0 unspecified atom stereocenters. The van der Waals surface area contributed by atoms with Gasteiger partial charge in [0.25, 0.3) is 5.56 Å². The van der Waals surface area contributed by atoms with Gasteiger partial charge in [-0.2, -0.15) is 5.10 Å². The molecule has 0 amide bonds. The molecule has 6 nitrogen and oxygen atoms in total. The Morgan fingerprint density at radius 1 is 1.40 bits per heavy atom. The van der Waals surface area contributed by atoms with Crippen molar-refractivity contribution in [3.05, 3.63) is 34.0 Å². The maximum atomic E-state index is 11.9. The summed E-state index contributed by atoms with van der Waals surface area (Å²) < 4.78 is 1.80. The molecular weight excluding hydrogens is 254 g/mol. The number of fused-ring (bicyclic) bond motifs is 1. The van der Waals surface area contributed by atoms with Crippen molar-refractivity contribution in [3.63, 3.8) is 0 Å². The molecule has 1 aliphatic rings. The van der Waals surface area contributed by atoms with Gasteiger partial charge < -0.3 is 15.6 Å². The van der Waals surface area contributed by atoms with Crippen LogP contribution in [0.5, 0.6) is 0 Å². The first-order valence-corrected chi connectivity index (χ1v) is 6.94. The molecule has 1 saturated carbocycles. The minimum atomic E-state index is -0.223. The average Bonchev–Trinajstić information content (AvgIpc) is 2.64. The molecule has 6 heteroatoms. The van der Waals surface area contributed by atoms with Crippen LogP contribution in [-0.2, 0) is 0 Å². The summed E-state index contributed by atoms with van der Waals surface area (Å²) >= 11 is 0. The molecule has 3 N–H and O–H groups in total. The molecule has 1 fully saturated rings. The minimum Gasteiger partial charge on any atom is -0.382 e. The smallest absolute Gasteiger partial charge is 0.261 e. The number of nitrogens with zero attached hydrogens (tertiary/aromatic N) is 3. The second kappa shape index (κ2) is 5.00. The molecule has 2 atom stereocenters. The number of aromatic amines is 1. The van der Waals surface area contributed by atoms with Gasteiger partial charge in [0, 0.05) is 12.6 Å². The van der Waals surface area contributed by atoms with Crippen molar-refractivity contribution in [1.29, 1.82) is 0 Å². The van der Waals surface area contributed by atoms with Gasteiger partial charge in [-0.25, -0.2) is 6.57 Å². The number of hydrogen-bond donors (Lipinski definition) is 2. The number of aromatic nitrogens is 3. The zero-order valence-corrected chi connectivity index (χ0v) is 11.2. The topological polar surface area (TPSA) is 81.1 Å². The molecule has 3 rings (SSSR count). The summed E-state index contributed by atoms with van der Waals surface area (Å²) in [4.78, 5) is 18.3. The molecule has 0 spiro atoms. The molecule has 0 aliphatic heterocycles. The van der Waals surface area contributed by atoms with Crippen LogP contribution in [0.25, 0.3) is 15.7 Å². The van der Waals surface area contributed by atoms with Crippen molar-refractivity contribution >= 4 is 16.7 Å². The largest absolute Gasteiger partial charge is 0.382 e. The number of rotatable bonds is 1. The van der Waals surface area contributed by atoms with Crippen LogP contribution in [0.3, 0.4) is 0 Å². The first-order valence-electron chi connectivity index (χ1n) is 6.94. The summed E-state index contributed by atoms with van der Waals surface area (Å²) in [6.45, 7) is 7.42. The van der Waals surface area contributed by atoms with E-state index in [2.05, 4.69) is 14.9 Å². The quantitative estimate of drug-likeness (QED) is 0.615. The molecule has 2 aromatic rings. The van der Waals surface area contributed by atoms with Gasteiger partial charge in [0.05, 0.1) is 5.52 Å². The standard InChI is InChI=1S/C14H17N5O/c1-16-9-5-3-2-4-6-10(9)19-11-7-8-17-14(20)12(11)13(15)18-19/h7-10H,2-6H2,(H2,15,18)(H,17,20)/t9-,10-/m0/s1. The lowest BCUT2D eigenvalue weighted by molar-refractivity contribution is 0.400. The highest BCUT2D eigenvalue weighted by Crippen LogP contribution is 2.32. The zero-order chi connectivity index (χ0) is 14.1. The molecular formula is C14H17N5O. The Kier molecular flexibility index (Phi) is 3.18. The van der Waals surface area contributed by atoms with E-state index in [1.54, 1.807) is 10.9 Å². The van der Waals surface area contributed by atoms with Crippen LogP contribution in [0, 0.1) is 6.57 Å². The van der Waals surface area contributed by atoms with Crippen LogP contribution in [0.2, 0.25) is 0 Å². The minimum absolute atomic E-state index is 0.0107. The number of anilines is 1. The lowest BCUT2D eigenvalue weighted by Crippen LogP contribution is -2.22. The Labute approximate surface area is 116 Å². The number of nitrogens with one attached hydrogen (secondary N) is 1. The van der Waals surface area contributed by atoms with Gasteiger partial charge in [-0.05, 0) is 18.9 Å². The fourth-order valence-electron chi connectivity index (χ4n) is 3.08. The van der Waals surface area contributed by atoms with E-state index >= 15 is 0 Å². The van der Waals surface area contributed by atoms with E-state index in [4.69, 9.17) is 12.3 Å². The van der Waals surface area contributed by atoms with E-state index in [0.717, 1.165) is 37.6 Å². The third kappa shape index (κ3) is 1.95. The molecule has 2 aromatic heterocycles. The highest BCUT2D eigenvalue weighted by molar-refractivity contribution is 5.88. The van der Waals surface area contributed by atoms with E-state index in [9.17, 15) is 4.79 Å². The monoisotopic (exact) mass is 271 g/mol. The maximum Gasteiger partial charge on any atom is 0.261 e. The van der Waals surface area contributed by atoms with Crippen LogP contribution in [0.1, 0.15) is 38.1 Å². The number of H-pyrrole nitrogens is 1. The fraction of sp³-hybridized carbons (Fsp3) is 0.500. The van der Waals surface area contributed by atoms with Crippen molar-refractivity contribution in [3.8, 4) is 0 Å². The van der Waals surface area contributed by atoms with Gasteiger partial charge in [-0.1, -0.05) is 12.8 Å². The van der Waals surface area contributed by atoms with Crippen molar-refractivity contribution in [2.45, 2.75) is 44.2 Å². The first-order chi connectivity index (χ1) is 9.72. The second-order valence-corrected chi connectivity index (χ2v) is 5.30. The highest BCUT2D eigenvalue weighted by Gasteiger charge is 2.32. The Bertz CT molecular complexity index is 723. The lowest BCUT2D eigenvalue weighted by atomic mass is 10.0. The predicted molar refractivity (Wildman–Crippen MR) is 77.3 cm³/mol. The molecule has 0 aromatic carbocycles. The first kappa shape index (κ1) is 12.7. The summed E-state index contributed by atoms with van der Waals surface area (Å²) in [7, 11) is 0. The van der Waals surface area contributed by atoms with Gasteiger partial charge in [0.15, 0.2) is 5.82 Å². The normalized spacial score (nSPS) is 23.4. The third-order valence-electron chi connectivity index (χ3n) is 4.08. The number of nitrogens with two attached hydrogens (primary N) is 1. The van der Waals surface area contributed by atoms with Crippen LogP contribution in [0.15, 0.2) is 17.1 Å². The van der Waals surface area contributed by atoms with Gasteiger partial charge in [-0.3, -0.25) is 9.48 Å². The van der Waals surface area contributed by atoms with Crippen molar-refractivity contribution in [2.75, 3.05) is 5.73 Å². The predicted octanol–water partition coefficient (Wildman–Crippen LogP) is 2.10. The number of hydrogen-bond acceptors (Lipinski definition) is 3. The summed E-state index contributed by atoms with van der Waals surface area (Å²) in [5.74, 6) is 0.245. The van der Waals surface area contributed by atoms with Crippen molar-refractivity contribution in [1.82, 2.24) is 14.8 Å². The number of nitrogen functional groups attached to an aromatic ring is 1. The third-order valence-corrected chi connectivity index (χ3v) is 4.08.